The summed E-state index contributed by atoms with van der Waals surface area (Å²) in [6.45, 7) is 0. The molecule has 0 radical (unpaired) electrons. The molecule has 0 atom stereocenters. The van der Waals surface area contributed by atoms with Gasteiger partial charge in [0.15, 0.2) is 0 Å². The van der Waals surface area contributed by atoms with Crippen LogP contribution in [0.15, 0.2) is 237 Å². The molecule has 58 heavy (non-hydrogen) atoms. The van der Waals surface area contributed by atoms with E-state index in [0.29, 0.717) is 0 Å². The molecular formula is C57H39N. The Morgan fingerprint density at radius 2 is 0.500 bits per heavy atom. The summed E-state index contributed by atoms with van der Waals surface area (Å²) in [6, 6.07) is 85.0. The highest BCUT2D eigenvalue weighted by molar-refractivity contribution is 5.88. The second-order valence-electron chi connectivity index (χ2n) is 14.8. The predicted molar refractivity (Wildman–Crippen MR) is 245 cm³/mol. The second-order valence-corrected chi connectivity index (χ2v) is 14.8. The third-order valence-electron chi connectivity index (χ3n) is 11.0. The molecule has 1 aromatic heterocycles. The largest absolute Gasteiger partial charge is 0.248 e. The maximum absolute atomic E-state index is 5.20. The molecule has 10 rings (SSSR count). The quantitative estimate of drug-likeness (QED) is 0.151. The summed E-state index contributed by atoms with van der Waals surface area (Å²) in [5.41, 5.74) is 18.4. The van der Waals surface area contributed by atoms with Crippen molar-refractivity contribution in [3.8, 4) is 89.3 Å². The number of hydrogen-bond acceptors (Lipinski definition) is 1. The van der Waals surface area contributed by atoms with Crippen molar-refractivity contribution in [2.45, 2.75) is 0 Å². The third kappa shape index (κ3) is 7.25. The van der Waals surface area contributed by atoms with E-state index in [1.807, 2.05) is 0 Å². The van der Waals surface area contributed by atoms with Gasteiger partial charge >= 0.3 is 0 Å². The van der Waals surface area contributed by atoms with Crippen LogP contribution in [0.4, 0.5) is 0 Å². The Bertz CT molecular complexity index is 3050. The van der Waals surface area contributed by atoms with E-state index in [9.17, 15) is 0 Å². The molecule has 0 unspecified atom stereocenters. The van der Waals surface area contributed by atoms with Crippen LogP contribution in [0.5, 0.6) is 0 Å². The van der Waals surface area contributed by atoms with Gasteiger partial charge in [-0.15, -0.1) is 0 Å². The maximum Gasteiger partial charge on any atom is 0.0715 e. The van der Waals surface area contributed by atoms with Crippen molar-refractivity contribution in [3.05, 3.63) is 237 Å². The fraction of sp³-hybridized carbons (Fsp3) is 0. The third-order valence-corrected chi connectivity index (χ3v) is 11.0. The van der Waals surface area contributed by atoms with Crippen molar-refractivity contribution in [2.75, 3.05) is 0 Å². The molecule has 272 valence electrons. The lowest BCUT2D eigenvalue weighted by molar-refractivity contribution is 1.32. The van der Waals surface area contributed by atoms with Gasteiger partial charge in [0.2, 0.25) is 0 Å². The lowest BCUT2D eigenvalue weighted by Gasteiger charge is -2.13. The first-order valence-electron chi connectivity index (χ1n) is 19.8. The highest BCUT2D eigenvalue weighted by Gasteiger charge is 2.12. The Morgan fingerprint density at radius 1 is 0.172 bits per heavy atom. The smallest absolute Gasteiger partial charge is 0.0715 e. The van der Waals surface area contributed by atoms with E-state index in [2.05, 4.69) is 237 Å². The van der Waals surface area contributed by atoms with E-state index in [-0.39, 0.29) is 0 Å². The van der Waals surface area contributed by atoms with Gasteiger partial charge in [0.1, 0.15) is 0 Å². The summed E-state index contributed by atoms with van der Waals surface area (Å²) < 4.78 is 0. The van der Waals surface area contributed by atoms with E-state index in [0.717, 1.165) is 33.6 Å². The molecule has 0 saturated heterocycles. The molecule has 10 aromatic rings. The van der Waals surface area contributed by atoms with Crippen molar-refractivity contribution in [1.29, 1.82) is 0 Å². The predicted octanol–water partition coefficient (Wildman–Crippen LogP) is 15.6. The van der Waals surface area contributed by atoms with Gasteiger partial charge < -0.3 is 0 Å². The Morgan fingerprint density at radius 3 is 0.948 bits per heavy atom. The molecule has 0 aliphatic rings. The van der Waals surface area contributed by atoms with Crippen LogP contribution in [0.25, 0.3) is 100 Å². The standard InChI is InChI=1S/C57H39N/c1-3-14-40(15-4-1)44-20-9-21-45(32-44)46-22-10-23-47(33-46)48-24-11-25-49(34-48)50-26-12-27-51(35-50)52-28-13-29-53(36-52)55-38-56(42-17-5-2-6-18-42)58-57(39-55)54-31-30-41-16-7-8-19-43(41)37-54/h1-39H. The average Bonchev–Trinajstić information content (AvgIpc) is 3.32. The Balaban J connectivity index is 0.972. The average molecular weight is 738 g/mol. The monoisotopic (exact) mass is 737 g/mol. The van der Waals surface area contributed by atoms with Crippen LogP contribution < -0.4 is 0 Å². The molecule has 0 amide bonds. The lowest BCUT2D eigenvalue weighted by Crippen LogP contribution is -1.92. The first-order chi connectivity index (χ1) is 28.7. The highest BCUT2D eigenvalue weighted by atomic mass is 14.7. The van der Waals surface area contributed by atoms with Gasteiger partial charge in [-0.2, -0.15) is 0 Å². The van der Waals surface area contributed by atoms with Gasteiger partial charge in [-0.05, 0) is 126 Å². The maximum atomic E-state index is 5.20. The Kier molecular flexibility index (Phi) is 9.31. The van der Waals surface area contributed by atoms with Crippen molar-refractivity contribution in [3.63, 3.8) is 0 Å². The van der Waals surface area contributed by atoms with Crippen LogP contribution >= 0.6 is 0 Å². The Hall–Kier alpha value is -7.61. The molecule has 9 aromatic carbocycles. The van der Waals surface area contributed by atoms with Crippen LogP contribution in [0, 0.1) is 0 Å². The van der Waals surface area contributed by atoms with Crippen molar-refractivity contribution in [2.24, 2.45) is 0 Å². The number of fused-ring (bicyclic) bond motifs is 1. The summed E-state index contributed by atoms with van der Waals surface area (Å²) >= 11 is 0. The topological polar surface area (TPSA) is 12.9 Å². The second kappa shape index (κ2) is 15.5. The van der Waals surface area contributed by atoms with Gasteiger partial charge in [-0.1, -0.05) is 188 Å². The molecule has 1 heteroatoms. The number of nitrogens with zero attached hydrogens (tertiary/aromatic N) is 1. The number of rotatable bonds is 8. The van der Waals surface area contributed by atoms with Crippen molar-refractivity contribution < 1.29 is 0 Å². The van der Waals surface area contributed by atoms with E-state index < -0.39 is 0 Å². The van der Waals surface area contributed by atoms with Crippen LogP contribution in [0.3, 0.4) is 0 Å². The molecule has 0 fully saturated rings. The molecule has 1 heterocycles. The number of hydrogen-bond donors (Lipinski definition) is 0. The highest BCUT2D eigenvalue weighted by Crippen LogP contribution is 2.36. The summed E-state index contributed by atoms with van der Waals surface area (Å²) in [5.74, 6) is 0. The minimum absolute atomic E-state index is 0.958. The van der Waals surface area contributed by atoms with Gasteiger partial charge in [0, 0.05) is 11.1 Å². The SMILES string of the molecule is c1ccc(-c2cccc(-c3cccc(-c4cccc(-c5cccc(-c6cccc(-c7cc(-c8ccccc8)nc(-c8ccc9ccccc9c8)c7)c6)c5)c4)c3)c2)cc1. The zero-order valence-corrected chi connectivity index (χ0v) is 32.0. The number of aromatic nitrogens is 1. The molecule has 1 nitrogen and oxygen atoms in total. The van der Waals surface area contributed by atoms with Gasteiger partial charge in [-0.3, -0.25) is 0 Å². The number of pyridine rings is 1. The van der Waals surface area contributed by atoms with E-state index in [1.54, 1.807) is 0 Å². The first-order valence-corrected chi connectivity index (χ1v) is 19.8. The summed E-state index contributed by atoms with van der Waals surface area (Å²) in [5, 5.41) is 2.43. The lowest BCUT2D eigenvalue weighted by atomic mass is 9.93. The molecule has 0 bridgehead atoms. The van der Waals surface area contributed by atoms with Crippen LogP contribution in [-0.2, 0) is 0 Å². The van der Waals surface area contributed by atoms with E-state index in [4.69, 9.17) is 4.98 Å². The van der Waals surface area contributed by atoms with E-state index in [1.165, 1.54) is 66.4 Å². The van der Waals surface area contributed by atoms with Gasteiger partial charge in [0.25, 0.3) is 0 Å². The van der Waals surface area contributed by atoms with Gasteiger partial charge in [0.05, 0.1) is 11.4 Å². The molecule has 0 saturated carbocycles. The van der Waals surface area contributed by atoms with Crippen LogP contribution in [0.2, 0.25) is 0 Å². The molecular weight excluding hydrogens is 699 g/mol. The fourth-order valence-electron chi connectivity index (χ4n) is 7.97. The first kappa shape index (κ1) is 34.8. The molecule has 0 aliphatic heterocycles. The zero-order chi connectivity index (χ0) is 38.7. The fourth-order valence-corrected chi connectivity index (χ4v) is 7.97. The zero-order valence-electron chi connectivity index (χ0n) is 32.0. The van der Waals surface area contributed by atoms with Crippen LogP contribution in [0.1, 0.15) is 0 Å². The minimum atomic E-state index is 0.958. The van der Waals surface area contributed by atoms with Crippen molar-refractivity contribution >= 4 is 10.8 Å². The summed E-state index contributed by atoms with van der Waals surface area (Å²) in [7, 11) is 0. The van der Waals surface area contributed by atoms with Gasteiger partial charge in [-0.25, -0.2) is 4.98 Å². The minimum Gasteiger partial charge on any atom is -0.248 e. The van der Waals surface area contributed by atoms with Crippen LogP contribution in [-0.4, -0.2) is 4.98 Å². The molecule has 0 N–H and O–H groups in total. The normalized spacial score (nSPS) is 11.1. The molecule has 0 spiro atoms. The Labute approximate surface area is 340 Å². The number of benzene rings is 9. The van der Waals surface area contributed by atoms with E-state index >= 15 is 0 Å². The van der Waals surface area contributed by atoms with Crippen molar-refractivity contribution in [1.82, 2.24) is 4.98 Å². The summed E-state index contributed by atoms with van der Waals surface area (Å²) in [6.07, 6.45) is 0. The molecule has 0 aliphatic carbocycles. The summed E-state index contributed by atoms with van der Waals surface area (Å²) in [4.78, 5) is 5.20.